The summed E-state index contributed by atoms with van der Waals surface area (Å²) in [5.41, 5.74) is 4.78. The lowest BCUT2D eigenvalue weighted by Crippen LogP contribution is -2.26. The summed E-state index contributed by atoms with van der Waals surface area (Å²) in [6.07, 6.45) is 2.15. The first-order chi connectivity index (χ1) is 14.1. The molecule has 29 heavy (non-hydrogen) atoms. The molecule has 2 aromatic carbocycles. The van der Waals surface area contributed by atoms with Gasteiger partial charge in [0.25, 0.3) is 0 Å². The quantitative estimate of drug-likeness (QED) is 0.585. The predicted octanol–water partition coefficient (Wildman–Crippen LogP) is 5.42. The maximum Gasteiger partial charge on any atom is 0.222 e. The largest absolute Gasteiger partial charge is 0.443 e. The molecule has 1 aliphatic heterocycles. The molecular weight excluding hydrogens is 384 g/mol. The van der Waals surface area contributed by atoms with Gasteiger partial charge >= 0.3 is 0 Å². The predicted molar refractivity (Wildman–Crippen MR) is 112 cm³/mol. The highest BCUT2D eigenvalue weighted by Gasteiger charge is 2.40. The molecule has 0 spiro atoms. The van der Waals surface area contributed by atoms with E-state index in [0.29, 0.717) is 18.0 Å². The van der Waals surface area contributed by atoms with Crippen LogP contribution in [-0.2, 0) is 11.3 Å². The van der Waals surface area contributed by atoms with Crippen LogP contribution in [0.25, 0.3) is 0 Å². The molecule has 0 saturated carbocycles. The second-order valence-corrected chi connectivity index (χ2v) is 8.09. The highest BCUT2D eigenvalue weighted by atomic mass is 35.5. The van der Waals surface area contributed by atoms with Gasteiger partial charge in [-0.3, -0.25) is 4.79 Å². The van der Waals surface area contributed by atoms with Crippen molar-refractivity contribution in [2.45, 2.75) is 38.6 Å². The van der Waals surface area contributed by atoms with Gasteiger partial charge in [-0.1, -0.05) is 54.1 Å². The topological polar surface area (TPSA) is 44.1 Å². The number of carbonyl (C=O) groups is 1. The Balaban J connectivity index is 1.68. The maximum absolute atomic E-state index is 12.9. The number of aryl methyl sites for hydroxylation is 1. The number of rotatable bonds is 3. The molecule has 0 bridgehead atoms. The van der Waals surface area contributed by atoms with E-state index in [1.54, 1.807) is 0 Å². The second-order valence-electron chi connectivity index (χ2n) is 7.65. The lowest BCUT2D eigenvalue weighted by molar-refractivity contribution is -0.116. The van der Waals surface area contributed by atoms with Crippen LogP contribution in [-0.4, -0.2) is 15.6 Å². The van der Waals surface area contributed by atoms with E-state index in [9.17, 15) is 4.79 Å². The smallest absolute Gasteiger partial charge is 0.222 e. The van der Waals surface area contributed by atoms with Crippen molar-refractivity contribution in [2.24, 2.45) is 0 Å². The molecule has 5 heteroatoms. The number of ether oxygens (including phenoxy) is 1. The fourth-order valence-electron chi connectivity index (χ4n) is 4.42. The number of fused-ring (bicyclic) bond motifs is 1. The van der Waals surface area contributed by atoms with E-state index >= 15 is 0 Å². The first-order valence-electron chi connectivity index (χ1n) is 9.92. The number of hydrogen-bond acceptors (Lipinski definition) is 3. The molecule has 0 fully saturated rings. The fraction of sp³-hybridized carbons (Fsp3) is 0.250. The maximum atomic E-state index is 12.9. The summed E-state index contributed by atoms with van der Waals surface area (Å²) < 4.78 is 8.26. The number of nitrogens with zero attached hydrogens (tertiary/aromatic N) is 2. The third kappa shape index (κ3) is 3.18. The van der Waals surface area contributed by atoms with E-state index in [1.165, 1.54) is 0 Å². The van der Waals surface area contributed by atoms with Crippen LogP contribution in [0.3, 0.4) is 0 Å². The molecule has 1 atom stereocenters. The molecule has 5 rings (SSSR count). The number of hydrogen-bond donors (Lipinski definition) is 0. The van der Waals surface area contributed by atoms with Crippen LogP contribution >= 0.6 is 11.6 Å². The van der Waals surface area contributed by atoms with Crippen molar-refractivity contribution in [1.29, 1.82) is 0 Å². The zero-order chi connectivity index (χ0) is 20.0. The van der Waals surface area contributed by atoms with Gasteiger partial charge in [-0.05, 0) is 36.6 Å². The van der Waals surface area contributed by atoms with E-state index < -0.39 is 0 Å². The average molecular weight is 405 g/mol. The normalized spacial score (nSPS) is 18.3. The number of benzene rings is 2. The van der Waals surface area contributed by atoms with E-state index in [2.05, 4.69) is 12.1 Å². The van der Waals surface area contributed by atoms with Gasteiger partial charge < -0.3 is 4.74 Å². The summed E-state index contributed by atoms with van der Waals surface area (Å²) in [5, 5.41) is 5.45. The SMILES string of the molecule is Cc1nn(Cc2ccccc2)c2c1C(c1cccc(Cl)c1)C1=C(CCCC1=O)O2. The van der Waals surface area contributed by atoms with E-state index in [1.807, 2.05) is 54.1 Å². The molecule has 0 amide bonds. The number of aromatic nitrogens is 2. The standard InChI is InChI=1S/C24H21ClN2O2/c1-15-21-22(17-9-5-10-18(25)13-17)23-19(28)11-6-12-20(23)29-24(21)27(26-15)14-16-7-3-2-4-8-16/h2-5,7-10,13,22H,6,11-12,14H2,1H3. The van der Waals surface area contributed by atoms with Crippen molar-refractivity contribution < 1.29 is 9.53 Å². The van der Waals surface area contributed by atoms with Crippen molar-refractivity contribution in [1.82, 2.24) is 9.78 Å². The molecule has 3 aromatic rings. The number of Topliss-reactive ketones (excluding diaryl/α,β-unsaturated/α-hetero) is 1. The summed E-state index contributed by atoms with van der Waals surface area (Å²) in [4.78, 5) is 12.9. The Hall–Kier alpha value is -2.85. The molecule has 1 aliphatic carbocycles. The molecule has 0 radical (unpaired) electrons. The van der Waals surface area contributed by atoms with Gasteiger partial charge in [-0.2, -0.15) is 5.10 Å². The van der Waals surface area contributed by atoms with Crippen LogP contribution in [0, 0.1) is 6.92 Å². The molecular formula is C24H21ClN2O2. The zero-order valence-corrected chi connectivity index (χ0v) is 16.9. The van der Waals surface area contributed by atoms with E-state index in [4.69, 9.17) is 21.4 Å². The molecule has 0 N–H and O–H groups in total. The Morgan fingerprint density at radius 3 is 2.76 bits per heavy atom. The molecule has 2 heterocycles. The van der Waals surface area contributed by atoms with Gasteiger partial charge in [-0.15, -0.1) is 0 Å². The highest BCUT2D eigenvalue weighted by molar-refractivity contribution is 6.30. The summed E-state index contributed by atoms with van der Waals surface area (Å²) >= 11 is 6.30. The summed E-state index contributed by atoms with van der Waals surface area (Å²) in [6, 6.07) is 18.0. The molecule has 4 nitrogen and oxygen atoms in total. The Bertz CT molecular complexity index is 1130. The van der Waals surface area contributed by atoms with Crippen molar-refractivity contribution in [3.05, 3.63) is 93.3 Å². The van der Waals surface area contributed by atoms with Crippen LogP contribution in [0.1, 0.15) is 47.6 Å². The highest BCUT2D eigenvalue weighted by Crippen LogP contribution is 2.48. The van der Waals surface area contributed by atoms with Gasteiger partial charge in [0.2, 0.25) is 5.88 Å². The van der Waals surface area contributed by atoms with Crippen molar-refractivity contribution in [3.8, 4) is 5.88 Å². The Kier molecular flexibility index (Phi) is 4.51. The van der Waals surface area contributed by atoms with Crippen molar-refractivity contribution >= 4 is 17.4 Å². The Labute approximate surface area is 174 Å². The minimum Gasteiger partial charge on any atom is -0.443 e. The minimum atomic E-state index is -0.190. The monoisotopic (exact) mass is 404 g/mol. The fourth-order valence-corrected chi connectivity index (χ4v) is 4.62. The molecule has 1 aromatic heterocycles. The minimum absolute atomic E-state index is 0.164. The number of ketones is 1. The third-order valence-corrected chi connectivity index (χ3v) is 5.92. The molecule has 1 unspecified atom stereocenters. The lowest BCUT2D eigenvalue weighted by Gasteiger charge is -2.31. The Morgan fingerprint density at radius 1 is 1.14 bits per heavy atom. The van der Waals surface area contributed by atoms with Crippen LogP contribution in [0.4, 0.5) is 0 Å². The number of carbonyl (C=O) groups excluding carboxylic acids is 1. The molecule has 0 saturated heterocycles. The molecule has 2 aliphatic rings. The van der Waals surface area contributed by atoms with Gasteiger partial charge in [0.05, 0.1) is 12.2 Å². The van der Waals surface area contributed by atoms with Crippen LogP contribution in [0.5, 0.6) is 5.88 Å². The number of halogens is 1. The third-order valence-electron chi connectivity index (χ3n) is 5.69. The van der Waals surface area contributed by atoms with Crippen LogP contribution in [0.15, 0.2) is 65.9 Å². The summed E-state index contributed by atoms with van der Waals surface area (Å²) in [6.45, 7) is 2.61. The van der Waals surface area contributed by atoms with Crippen molar-refractivity contribution in [3.63, 3.8) is 0 Å². The first kappa shape index (κ1) is 18.2. The first-order valence-corrected chi connectivity index (χ1v) is 10.3. The van der Waals surface area contributed by atoms with Gasteiger partial charge in [-0.25, -0.2) is 4.68 Å². The average Bonchev–Trinajstić information content (AvgIpc) is 3.02. The number of allylic oxidation sites excluding steroid dienone is 2. The van der Waals surface area contributed by atoms with Crippen LogP contribution < -0.4 is 4.74 Å². The summed E-state index contributed by atoms with van der Waals surface area (Å²) in [5.74, 6) is 1.50. The summed E-state index contributed by atoms with van der Waals surface area (Å²) in [7, 11) is 0. The van der Waals surface area contributed by atoms with Crippen molar-refractivity contribution in [2.75, 3.05) is 0 Å². The molecule has 146 valence electrons. The zero-order valence-electron chi connectivity index (χ0n) is 16.2. The van der Waals surface area contributed by atoms with Crippen LogP contribution in [0.2, 0.25) is 5.02 Å². The van der Waals surface area contributed by atoms with E-state index in [-0.39, 0.29) is 11.7 Å². The lowest BCUT2D eigenvalue weighted by atomic mass is 9.77. The van der Waals surface area contributed by atoms with Gasteiger partial charge in [0, 0.05) is 34.9 Å². The van der Waals surface area contributed by atoms with E-state index in [0.717, 1.165) is 52.4 Å². The second kappa shape index (κ2) is 7.20. The van der Waals surface area contributed by atoms with Gasteiger partial charge in [0.1, 0.15) is 5.76 Å². The Morgan fingerprint density at radius 2 is 1.97 bits per heavy atom. The van der Waals surface area contributed by atoms with Gasteiger partial charge in [0.15, 0.2) is 5.78 Å².